The SMILES string of the molecule is O=C(/C=C(\[O-])C(F)(F)F)c1ccc([N+](=O)[O-])cc1.O=C(/C=C(\[O-])C(F)(F)F)c1ccc([N+](=O)[O-])cc1.[Cu+2].c1ccncc1.c1ccncc1. The van der Waals surface area contributed by atoms with Crippen molar-refractivity contribution in [1.29, 1.82) is 0 Å². The van der Waals surface area contributed by atoms with E-state index in [1.165, 1.54) is 0 Å². The molecule has 0 unspecified atom stereocenters. The first kappa shape index (κ1) is 43.1. The number of non-ortho nitro benzene ring substituents is 2. The standard InChI is InChI=1S/2C10H6F3NO4.2C5H5N.Cu/c2*11-10(12,13)9(16)5-8(15)6-1-3-7(4-2-6)14(17)18;2*1-2-4-6-5-3-1;/h2*1-5,16H;2*1-5H;/q;;;;+2/p-2/b2*9-5-;;;. The summed E-state index contributed by atoms with van der Waals surface area (Å²) in [6.45, 7) is 0. The zero-order chi connectivity index (χ0) is 36.3. The predicted molar refractivity (Wildman–Crippen MR) is 152 cm³/mol. The Bertz CT molecular complexity index is 1510. The van der Waals surface area contributed by atoms with Crippen LogP contribution in [0.15, 0.2) is 133 Å². The van der Waals surface area contributed by atoms with Gasteiger partial charge in [-0.2, -0.15) is 26.3 Å². The predicted octanol–water partition coefficient (Wildman–Crippen LogP) is 5.33. The van der Waals surface area contributed by atoms with Crippen molar-refractivity contribution in [2.24, 2.45) is 0 Å². The van der Waals surface area contributed by atoms with Gasteiger partial charge in [0.25, 0.3) is 11.4 Å². The molecule has 0 N–H and O–H groups in total. The van der Waals surface area contributed by atoms with Crippen LogP contribution in [0.1, 0.15) is 20.7 Å². The van der Waals surface area contributed by atoms with Crippen LogP contribution in [-0.4, -0.2) is 43.7 Å². The maximum atomic E-state index is 11.9. The van der Waals surface area contributed by atoms with E-state index in [2.05, 4.69) is 9.97 Å². The fraction of sp³-hybridized carbons (Fsp3) is 0.0667. The second-order valence-electron chi connectivity index (χ2n) is 8.40. The van der Waals surface area contributed by atoms with Crippen molar-refractivity contribution in [1.82, 2.24) is 9.97 Å². The first-order chi connectivity index (χ1) is 22.4. The van der Waals surface area contributed by atoms with Crippen LogP contribution in [0, 0.1) is 20.2 Å². The van der Waals surface area contributed by atoms with E-state index in [1.54, 1.807) is 24.8 Å². The van der Waals surface area contributed by atoms with E-state index < -0.39 is 45.3 Å². The zero-order valence-electron chi connectivity index (χ0n) is 24.2. The van der Waals surface area contributed by atoms with Gasteiger partial charge < -0.3 is 10.2 Å². The van der Waals surface area contributed by atoms with Crippen LogP contribution in [0.5, 0.6) is 0 Å². The van der Waals surface area contributed by atoms with Crippen molar-refractivity contribution < 1.29 is 73.1 Å². The molecule has 0 atom stereocenters. The number of hydrogen-bond donors (Lipinski definition) is 0. The molecule has 49 heavy (non-hydrogen) atoms. The summed E-state index contributed by atoms with van der Waals surface area (Å²) in [4.78, 5) is 49.2. The fourth-order valence-electron chi connectivity index (χ4n) is 2.69. The van der Waals surface area contributed by atoms with Gasteiger partial charge in [-0.05, 0) is 72.2 Å². The molecule has 0 aliphatic carbocycles. The quantitative estimate of drug-likeness (QED) is 0.0475. The van der Waals surface area contributed by atoms with Crippen LogP contribution in [-0.2, 0) is 17.1 Å². The van der Waals surface area contributed by atoms with Gasteiger partial charge in [0.2, 0.25) is 0 Å². The van der Waals surface area contributed by atoms with Gasteiger partial charge in [-0.1, -0.05) is 12.1 Å². The molecule has 261 valence electrons. The van der Waals surface area contributed by atoms with Crippen molar-refractivity contribution in [3.8, 4) is 0 Å². The Kier molecular flexibility index (Phi) is 18.5. The van der Waals surface area contributed by atoms with Crippen LogP contribution >= 0.6 is 0 Å². The number of hydrogen-bond acceptors (Lipinski definition) is 10. The Labute approximate surface area is 282 Å². The molecule has 4 aromatic rings. The second kappa shape index (κ2) is 21.0. The smallest absolute Gasteiger partial charge is 0.869 e. The van der Waals surface area contributed by atoms with Crippen LogP contribution in [0.4, 0.5) is 37.7 Å². The minimum atomic E-state index is -5.11. The van der Waals surface area contributed by atoms with Crippen LogP contribution in [0.3, 0.4) is 0 Å². The Hall–Kier alpha value is -5.94. The number of alkyl halides is 6. The van der Waals surface area contributed by atoms with Crippen molar-refractivity contribution >= 4 is 22.9 Å². The number of rotatable bonds is 6. The van der Waals surface area contributed by atoms with Gasteiger partial charge in [0.15, 0.2) is 11.6 Å². The average molecular weight is 742 g/mol. The number of halogens is 6. The van der Waals surface area contributed by atoms with E-state index in [0.29, 0.717) is 0 Å². The van der Waals surface area contributed by atoms with Crippen LogP contribution < -0.4 is 10.2 Å². The van der Waals surface area contributed by atoms with Gasteiger partial charge in [0, 0.05) is 60.2 Å². The minimum Gasteiger partial charge on any atom is -0.869 e. The van der Waals surface area contributed by atoms with Crippen molar-refractivity contribution in [3.05, 3.63) is 165 Å². The van der Waals surface area contributed by atoms with Gasteiger partial charge in [-0.3, -0.25) is 39.8 Å². The monoisotopic (exact) mass is 741 g/mol. The third kappa shape index (κ3) is 17.5. The summed E-state index contributed by atoms with van der Waals surface area (Å²) in [7, 11) is 0. The maximum Gasteiger partial charge on any atom is 2.00 e. The van der Waals surface area contributed by atoms with Gasteiger partial charge in [-0.15, -0.1) is 0 Å². The molecule has 2 aromatic carbocycles. The number of nitro groups is 2. The van der Waals surface area contributed by atoms with E-state index in [-0.39, 0.29) is 51.7 Å². The van der Waals surface area contributed by atoms with E-state index in [9.17, 15) is 66.4 Å². The van der Waals surface area contributed by atoms with E-state index in [1.807, 2.05) is 36.4 Å². The number of allylic oxidation sites excluding steroid dienone is 4. The van der Waals surface area contributed by atoms with E-state index in [4.69, 9.17) is 0 Å². The summed E-state index contributed by atoms with van der Waals surface area (Å²) < 4.78 is 71.2. The Morgan fingerprint density at radius 3 is 0.980 bits per heavy atom. The van der Waals surface area contributed by atoms with E-state index in [0.717, 1.165) is 48.5 Å². The molecule has 12 nitrogen and oxygen atoms in total. The molecule has 0 amide bonds. The summed E-state index contributed by atoms with van der Waals surface area (Å²) in [6.07, 6.45) is -3.42. The molecule has 0 aliphatic heterocycles. The number of ketones is 2. The summed E-state index contributed by atoms with van der Waals surface area (Å²) in [6, 6.07) is 19.2. The van der Waals surface area contributed by atoms with Crippen molar-refractivity contribution in [2.45, 2.75) is 12.4 Å². The molecule has 0 bridgehead atoms. The molecule has 1 radical (unpaired) electrons. The summed E-state index contributed by atoms with van der Waals surface area (Å²) in [5.74, 6) is -6.86. The van der Waals surface area contributed by atoms with Crippen molar-refractivity contribution in [2.75, 3.05) is 0 Å². The third-order valence-electron chi connectivity index (χ3n) is 4.94. The topological polar surface area (TPSA) is 192 Å². The molecule has 0 saturated heterocycles. The first-order valence-corrected chi connectivity index (χ1v) is 12.6. The second-order valence-corrected chi connectivity index (χ2v) is 8.40. The summed E-state index contributed by atoms with van der Waals surface area (Å²) in [5.41, 5.74) is -1.10. The molecule has 2 heterocycles. The number of carbonyl (C=O) groups is 2. The first-order valence-electron chi connectivity index (χ1n) is 12.6. The van der Waals surface area contributed by atoms with Crippen LogP contribution in [0.25, 0.3) is 0 Å². The average Bonchev–Trinajstić information content (AvgIpc) is 3.06. The number of aromatic nitrogens is 2. The Morgan fingerprint density at radius 1 is 0.551 bits per heavy atom. The molecule has 0 fully saturated rings. The molecule has 0 spiro atoms. The summed E-state index contributed by atoms with van der Waals surface area (Å²) in [5, 5.41) is 41.6. The molecule has 4 rings (SSSR count). The van der Waals surface area contributed by atoms with E-state index >= 15 is 0 Å². The molecule has 0 saturated carbocycles. The number of nitrogens with zero attached hydrogens (tertiary/aromatic N) is 4. The Balaban J connectivity index is 0.000000691. The Morgan fingerprint density at radius 2 is 0.816 bits per heavy atom. The maximum absolute atomic E-state index is 11.9. The minimum absolute atomic E-state index is 0. The molecule has 19 heteroatoms. The number of nitro benzene ring substituents is 2. The molecular formula is C30H20CuF6N4O8. The zero-order valence-corrected chi connectivity index (χ0v) is 25.1. The molecule has 2 aromatic heterocycles. The number of pyridine rings is 2. The number of benzene rings is 2. The fourth-order valence-corrected chi connectivity index (χ4v) is 2.69. The van der Waals surface area contributed by atoms with Gasteiger partial charge in [0.05, 0.1) is 9.85 Å². The largest absolute Gasteiger partial charge is 2.00 e. The molecule has 0 aliphatic rings. The molecular weight excluding hydrogens is 722 g/mol. The van der Waals surface area contributed by atoms with Gasteiger partial charge in [-0.25, -0.2) is 0 Å². The van der Waals surface area contributed by atoms with Crippen molar-refractivity contribution in [3.63, 3.8) is 0 Å². The number of carbonyl (C=O) groups excluding carboxylic acids is 2. The normalized spacial score (nSPS) is 11.0. The van der Waals surface area contributed by atoms with Gasteiger partial charge >= 0.3 is 29.4 Å². The van der Waals surface area contributed by atoms with Crippen LogP contribution in [0.2, 0.25) is 0 Å². The summed E-state index contributed by atoms with van der Waals surface area (Å²) >= 11 is 0. The third-order valence-corrected chi connectivity index (χ3v) is 4.94. The van der Waals surface area contributed by atoms with Gasteiger partial charge in [0.1, 0.15) is 0 Å².